The lowest BCUT2D eigenvalue weighted by Gasteiger charge is -2.35. The molecule has 2 heterocycles. The Labute approximate surface area is 182 Å². The van der Waals surface area contributed by atoms with E-state index in [0.717, 1.165) is 5.69 Å². The fraction of sp³-hybridized carbons (Fsp3) is 0.217. The third-order valence-corrected chi connectivity index (χ3v) is 7.04. The third-order valence-electron chi connectivity index (χ3n) is 5.14. The van der Waals surface area contributed by atoms with Gasteiger partial charge in [0.2, 0.25) is 10.0 Å². The highest BCUT2D eigenvalue weighted by molar-refractivity contribution is 7.89. The molecule has 31 heavy (non-hydrogen) atoms. The molecule has 1 aliphatic rings. The number of sulfonamides is 1. The molecule has 2 aromatic carbocycles. The van der Waals surface area contributed by atoms with Crippen molar-refractivity contribution in [3.63, 3.8) is 0 Å². The van der Waals surface area contributed by atoms with E-state index in [1.165, 1.54) is 16.4 Å². The number of para-hydroxylation sites is 1. The van der Waals surface area contributed by atoms with Gasteiger partial charge in [0.05, 0.1) is 16.2 Å². The van der Waals surface area contributed by atoms with Crippen molar-refractivity contribution in [3.8, 4) is 0 Å². The van der Waals surface area contributed by atoms with Crippen molar-refractivity contribution in [3.05, 3.63) is 90.3 Å². The van der Waals surface area contributed by atoms with Crippen LogP contribution in [-0.2, 0) is 21.4 Å². The zero-order valence-electron chi connectivity index (χ0n) is 16.9. The Morgan fingerprint density at radius 2 is 1.65 bits per heavy atom. The van der Waals surface area contributed by atoms with Crippen LogP contribution in [0.2, 0.25) is 0 Å². The number of ether oxygens (including phenoxy) is 1. The quantitative estimate of drug-likeness (QED) is 0.552. The van der Waals surface area contributed by atoms with E-state index in [-0.39, 0.29) is 17.1 Å². The van der Waals surface area contributed by atoms with Gasteiger partial charge in [-0.05, 0) is 42.5 Å². The molecule has 7 nitrogen and oxygen atoms in total. The molecule has 1 aliphatic heterocycles. The molecule has 0 N–H and O–H groups in total. The molecule has 0 atom stereocenters. The average molecular weight is 438 g/mol. The van der Waals surface area contributed by atoms with Crippen LogP contribution in [0.4, 0.5) is 5.69 Å². The molecule has 4 rings (SSSR count). The van der Waals surface area contributed by atoms with Gasteiger partial charge >= 0.3 is 5.97 Å². The SMILES string of the molecule is O=C(OCc1ccccn1)c1cccc(S(=O)(=O)N2CCN(c3ccccc3)CC2)c1. The fourth-order valence-corrected chi connectivity index (χ4v) is 4.93. The van der Waals surface area contributed by atoms with Gasteiger partial charge in [0.25, 0.3) is 0 Å². The van der Waals surface area contributed by atoms with Crippen LogP contribution in [0.25, 0.3) is 0 Å². The van der Waals surface area contributed by atoms with Gasteiger partial charge in [-0.1, -0.05) is 30.3 Å². The molecule has 1 aromatic heterocycles. The summed E-state index contributed by atoms with van der Waals surface area (Å²) in [5.74, 6) is -0.586. The number of aromatic nitrogens is 1. The maximum absolute atomic E-state index is 13.1. The van der Waals surface area contributed by atoms with E-state index >= 15 is 0 Å². The second kappa shape index (κ2) is 9.28. The van der Waals surface area contributed by atoms with Crippen molar-refractivity contribution < 1.29 is 17.9 Å². The molecule has 0 amide bonds. The van der Waals surface area contributed by atoms with Crippen molar-refractivity contribution in [2.45, 2.75) is 11.5 Å². The molecule has 0 unspecified atom stereocenters. The van der Waals surface area contributed by atoms with Crippen molar-refractivity contribution in [1.82, 2.24) is 9.29 Å². The van der Waals surface area contributed by atoms with Gasteiger partial charge in [0.15, 0.2) is 0 Å². The number of rotatable bonds is 6. The Balaban J connectivity index is 1.42. The average Bonchev–Trinajstić information content (AvgIpc) is 2.84. The van der Waals surface area contributed by atoms with Crippen LogP contribution in [-0.4, -0.2) is 49.9 Å². The monoisotopic (exact) mass is 437 g/mol. The topological polar surface area (TPSA) is 79.8 Å². The summed E-state index contributed by atoms with van der Waals surface area (Å²) in [6.07, 6.45) is 1.62. The van der Waals surface area contributed by atoms with Crippen LogP contribution in [0.5, 0.6) is 0 Å². The normalized spacial score (nSPS) is 14.9. The van der Waals surface area contributed by atoms with Gasteiger partial charge in [-0.25, -0.2) is 13.2 Å². The van der Waals surface area contributed by atoms with Gasteiger partial charge in [0, 0.05) is 38.1 Å². The summed E-state index contributed by atoms with van der Waals surface area (Å²) in [5, 5.41) is 0. The number of esters is 1. The van der Waals surface area contributed by atoms with Gasteiger partial charge in [0.1, 0.15) is 6.61 Å². The molecular formula is C23H23N3O4S. The highest BCUT2D eigenvalue weighted by Crippen LogP contribution is 2.22. The molecule has 160 valence electrons. The number of pyridine rings is 1. The maximum atomic E-state index is 13.1. The van der Waals surface area contributed by atoms with Crippen molar-refractivity contribution in [2.24, 2.45) is 0 Å². The first-order valence-corrected chi connectivity index (χ1v) is 11.5. The van der Waals surface area contributed by atoms with Gasteiger partial charge < -0.3 is 9.64 Å². The van der Waals surface area contributed by atoms with E-state index < -0.39 is 16.0 Å². The summed E-state index contributed by atoms with van der Waals surface area (Å²) in [6.45, 7) is 2.00. The fourth-order valence-electron chi connectivity index (χ4n) is 3.46. The van der Waals surface area contributed by atoms with Crippen molar-refractivity contribution in [2.75, 3.05) is 31.1 Å². The Bertz CT molecular complexity index is 1130. The lowest BCUT2D eigenvalue weighted by Crippen LogP contribution is -2.48. The number of hydrogen-bond acceptors (Lipinski definition) is 6. The summed E-state index contributed by atoms with van der Waals surface area (Å²) in [4.78, 5) is 18.8. The number of anilines is 1. The summed E-state index contributed by atoms with van der Waals surface area (Å²) >= 11 is 0. The minimum atomic E-state index is -3.70. The molecule has 0 bridgehead atoms. The number of hydrogen-bond donors (Lipinski definition) is 0. The van der Waals surface area contributed by atoms with E-state index in [1.54, 1.807) is 36.5 Å². The highest BCUT2D eigenvalue weighted by atomic mass is 32.2. The van der Waals surface area contributed by atoms with Crippen LogP contribution < -0.4 is 4.90 Å². The molecule has 8 heteroatoms. The van der Waals surface area contributed by atoms with Crippen LogP contribution in [0.15, 0.2) is 83.9 Å². The first-order valence-electron chi connectivity index (χ1n) is 10.0. The van der Waals surface area contributed by atoms with E-state index in [9.17, 15) is 13.2 Å². The van der Waals surface area contributed by atoms with Crippen molar-refractivity contribution >= 4 is 21.7 Å². The first kappa shape index (κ1) is 21.0. The van der Waals surface area contributed by atoms with E-state index in [1.807, 2.05) is 30.3 Å². The molecular weight excluding hydrogens is 414 g/mol. The molecule has 0 radical (unpaired) electrons. The second-order valence-corrected chi connectivity index (χ2v) is 9.09. The lowest BCUT2D eigenvalue weighted by molar-refractivity contribution is 0.0467. The predicted octanol–water partition coefficient (Wildman–Crippen LogP) is 2.95. The second-order valence-electron chi connectivity index (χ2n) is 7.15. The summed E-state index contributed by atoms with van der Waals surface area (Å²) < 4.78 is 33.0. The smallest absolute Gasteiger partial charge is 0.338 e. The van der Waals surface area contributed by atoms with Crippen LogP contribution in [0, 0.1) is 0 Å². The van der Waals surface area contributed by atoms with E-state index in [2.05, 4.69) is 9.88 Å². The largest absolute Gasteiger partial charge is 0.456 e. The predicted molar refractivity (Wildman–Crippen MR) is 117 cm³/mol. The van der Waals surface area contributed by atoms with Crippen molar-refractivity contribution in [1.29, 1.82) is 0 Å². The zero-order chi connectivity index (χ0) is 21.7. The number of carbonyl (C=O) groups is 1. The number of piperazine rings is 1. The highest BCUT2D eigenvalue weighted by Gasteiger charge is 2.29. The first-order chi connectivity index (χ1) is 15.0. The lowest BCUT2D eigenvalue weighted by atomic mass is 10.2. The minimum Gasteiger partial charge on any atom is -0.456 e. The van der Waals surface area contributed by atoms with Gasteiger partial charge in [-0.3, -0.25) is 4.98 Å². The van der Waals surface area contributed by atoms with E-state index in [4.69, 9.17) is 4.74 Å². The van der Waals surface area contributed by atoms with Crippen LogP contribution in [0.1, 0.15) is 16.1 Å². The number of benzene rings is 2. The molecule has 3 aromatic rings. The van der Waals surface area contributed by atoms with E-state index in [0.29, 0.717) is 31.9 Å². The standard InChI is InChI=1S/C23H23N3O4S/c27-23(30-18-20-8-4-5-12-24-20)19-7-6-11-22(17-19)31(28,29)26-15-13-25(14-16-26)21-9-2-1-3-10-21/h1-12,17H,13-16,18H2. The van der Waals surface area contributed by atoms with Gasteiger partial charge in [-0.2, -0.15) is 4.31 Å². The molecule has 0 saturated carbocycles. The van der Waals surface area contributed by atoms with Crippen LogP contribution in [0.3, 0.4) is 0 Å². The Morgan fingerprint density at radius 3 is 2.35 bits per heavy atom. The molecule has 0 aliphatic carbocycles. The summed E-state index contributed by atoms with van der Waals surface area (Å²) in [6, 6.07) is 21.3. The summed E-state index contributed by atoms with van der Waals surface area (Å²) in [5.41, 5.74) is 1.90. The molecule has 1 fully saturated rings. The number of carbonyl (C=O) groups excluding carboxylic acids is 1. The minimum absolute atomic E-state index is 0.0259. The summed E-state index contributed by atoms with van der Waals surface area (Å²) in [7, 11) is -3.70. The zero-order valence-corrected chi connectivity index (χ0v) is 17.7. The molecule has 1 saturated heterocycles. The molecule has 0 spiro atoms. The Kier molecular flexibility index (Phi) is 6.29. The number of nitrogens with zero attached hydrogens (tertiary/aromatic N) is 3. The third kappa shape index (κ3) is 4.92. The van der Waals surface area contributed by atoms with Crippen LogP contribution >= 0.6 is 0 Å². The maximum Gasteiger partial charge on any atom is 0.338 e. The van der Waals surface area contributed by atoms with Gasteiger partial charge in [-0.15, -0.1) is 0 Å². The Morgan fingerprint density at radius 1 is 0.903 bits per heavy atom. The Hall–Kier alpha value is -3.23.